The van der Waals surface area contributed by atoms with Crippen molar-refractivity contribution in [2.45, 2.75) is 0 Å². The van der Waals surface area contributed by atoms with Crippen LogP contribution in [0.3, 0.4) is 0 Å². The molecule has 6 nitrogen and oxygen atoms in total. The van der Waals surface area contributed by atoms with Gasteiger partial charge in [0.25, 0.3) is 5.91 Å². The molecule has 0 bridgehead atoms. The highest BCUT2D eigenvalue weighted by atomic mass is 19.1. The van der Waals surface area contributed by atoms with E-state index in [0.29, 0.717) is 22.9 Å². The molecule has 126 valence electrons. The van der Waals surface area contributed by atoms with E-state index >= 15 is 0 Å². The Balaban J connectivity index is 1.73. The summed E-state index contributed by atoms with van der Waals surface area (Å²) in [5.41, 5.74) is 1.44. The zero-order valence-corrected chi connectivity index (χ0v) is 13.4. The van der Waals surface area contributed by atoms with E-state index in [1.165, 1.54) is 24.5 Å². The van der Waals surface area contributed by atoms with Crippen LogP contribution in [0.15, 0.2) is 60.9 Å². The molecule has 2 aromatic carbocycles. The van der Waals surface area contributed by atoms with Gasteiger partial charge in [-0.3, -0.25) is 4.79 Å². The van der Waals surface area contributed by atoms with E-state index in [2.05, 4.69) is 20.6 Å². The maximum Gasteiger partial charge on any atom is 0.274 e. The SMILES string of the molecule is COc1cccc(NC(=O)c2cc(Nc3ccc(F)cc3)ncn2)c1. The monoisotopic (exact) mass is 338 g/mol. The Morgan fingerprint density at radius 1 is 1.04 bits per heavy atom. The summed E-state index contributed by atoms with van der Waals surface area (Å²) in [6, 6.07) is 14.3. The quantitative estimate of drug-likeness (QED) is 0.743. The van der Waals surface area contributed by atoms with Crippen LogP contribution in [0.25, 0.3) is 0 Å². The number of methoxy groups -OCH3 is 1. The highest BCUT2D eigenvalue weighted by Gasteiger charge is 2.10. The number of aromatic nitrogens is 2. The molecule has 0 fully saturated rings. The van der Waals surface area contributed by atoms with Gasteiger partial charge in [0.15, 0.2) is 0 Å². The molecule has 0 radical (unpaired) electrons. The molecule has 2 N–H and O–H groups in total. The van der Waals surface area contributed by atoms with Crippen LogP contribution < -0.4 is 15.4 Å². The first-order chi connectivity index (χ1) is 12.1. The molecule has 3 aromatic rings. The summed E-state index contributed by atoms with van der Waals surface area (Å²) in [4.78, 5) is 20.4. The van der Waals surface area contributed by atoms with Crippen molar-refractivity contribution in [3.8, 4) is 5.75 Å². The van der Waals surface area contributed by atoms with Crippen molar-refractivity contribution in [1.29, 1.82) is 0 Å². The minimum atomic E-state index is -0.377. The second-order valence-electron chi connectivity index (χ2n) is 5.11. The number of amides is 1. The molecule has 0 saturated carbocycles. The van der Waals surface area contributed by atoms with E-state index in [-0.39, 0.29) is 17.4 Å². The largest absolute Gasteiger partial charge is 0.497 e. The topological polar surface area (TPSA) is 76.1 Å². The van der Waals surface area contributed by atoms with E-state index in [9.17, 15) is 9.18 Å². The van der Waals surface area contributed by atoms with Crippen LogP contribution in [0.4, 0.5) is 21.6 Å². The number of benzene rings is 2. The summed E-state index contributed by atoms with van der Waals surface area (Å²) < 4.78 is 18.1. The second-order valence-corrected chi connectivity index (χ2v) is 5.11. The minimum Gasteiger partial charge on any atom is -0.497 e. The number of halogens is 1. The summed E-state index contributed by atoms with van der Waals surface area (Å²) in [7, 11) is 1.55. The molecule has 0 aliphatic heterocycles. The number of nitrogens with zero attached hydrogens (tertiary/aromatic N) is 2. The zero-order valence-electron chi connectivity index (χ0n) is 13.4. The average Bonchev–Trinajstić information content (AvgIpc) is 2.64. The number of hydrogen-bond donors (Lipinski definition) is 2. The summed E-state index contributed by atoms with van der Waals surface area (Å²) in [6.45, 7) is 0. The molecular formula is C18H15FN4O2. The van der Waals surface area contributed by atoms with Gasteiger partial charge in [0.1, 0.15) is 29.4 Å². The van der Waals surface area contributed by atoms with Crippen molar-refractivity contribution in [2.75, 3.05) is 17.7 Å². The molecule has 0 unspecified atom stereocenters. The molecule has 0 aliphatic carbocycles. The van der Waals surface area contributed by atoms with Crippen molar-refractivity contribution >= 4 is 23.1 Å². The van der Waals surface area contributed by atoms with E-state index < -0.39 is 0 Å². The van der Waals surface area contributed by atoms with Gasteiger partial charge in [0.2, 0.25) is 0 Å². The van der Waals surface area contributed by atoms with Gasteiger partial charge in [-0.05, 0) is 36.4 Å². The molecule has 25 heavy (non-hydrogen) atoms. The normalized spacial score (nSPS) is 10.2. The van der Waals surface area contributed by atoms with Crippen molar-refractivity contribution in [3.05, 3.63) is 72.4 Å². The molecule has 0 spiro atoms. The predicted octanol–water partition coefficient (Wildman–Crippen LogP) is 3.62. The van der Waals surface area contributed by atoms with Crippen LogP contribution >= 0.6 is 0 Å². The number of hydrogen-bond acceptors (Lipinski definition) is 5. The first-order valence-corrected chi connectivity index (χ1v) is 7.44. The van der Waals surface area contributed by atoms with E-state index in [4.69, 9.17) is 4.74 Å². The van der Waals surface area contributed by atoms with Gasteiger partial charge in [0, 0.05) is 23.5 Å². The predicted molar refractivity (Wildman–Crippen MR) is 92.7 cm³/mol. The van der Waals surface area contributed by atoms with Gasteiger partial charge in [-0.2, -0.15) is 0 Å². The maximum atomic E-state index is 12.9. The fraction of sp³-hybridized carbons (Fsp3) is 0.0556. The van der Waals surface area contributed by atoms with Crippen LogP contribution in [0.5, 0.6) is 5.75 Å². The maximum absolute atomic E-state index is 12.9. The van der Waals surface area contributed by atoms with Gasteiger partial charge < -0.3 is 15.4 Å². The molecule has 0 atom stereocenters. The molecule has 3 rings (SSSR count). The summed E-state index contributed by atoms with van der Waals surface area (Å²) in [6.07, 6.45) is 1.28. The lowest BCUT2D eigenvalue weighted by Gasteiger charge is -2.08. The van der Waals surface area contributed by atoms with Gasteiger partial charge in [-0.1, -0.05) is 6.07 Å². The first-order valence-electron chi connectivity index (χ1n) is 7.44. The van der Waals surface area contributed by atoms with Crippen molar-refractivity contribution in [1.82, 2.24) is 9.97 Å². The number of ether oxygens (including phenoxy) is 1. The van der Waals surface area contributed by atoms with E-state index in [0.717, 1.165) is 0 Å². The Morgan fingerprint density at radius 2 is 1.84 bits per heavy atom. The third-order valence-electron chi connectivity index (χ3n) is 3.34. The molecule has 7 heteroatoms. The van der Waals surface area contributed by atoms with Gasteiger partial charge in [0.05, 0.1) is 7.11 Å². The molecule has 1 heterocycles. The molecule has 1 amide bonds. The molecular weight excluding hydrogens is 323 g/mol. The minimum absolute atomic E-state index is 0.197. The Labute approximate surface area is 143 Å². The lowest BCUT2D eigenvalue weighted by atomic mass is 10.2. The van der Waals surface area contributed by atoms with Crippen LogP contribution in [-0.4, -0.2) is 23.0 Å². The van der Waals surface area contributed by atoms with Crippen molar-refractivity contribution < 1.29 is 13.9 Å². The Bertz CT molecular complexity index is 884. The number of rotatable bonds is 5. The second kappa shape index (κ2) is 7.39. The Kier molecular flexibility index (Phi) is 4.84. The van der Waals surface area contributed by atoms with Crippen LogP contribution in [0.2, 0.25) is 0 Å². The summed E-state index contributed by atoms with van der Waals surface area (Å²) >= 11 is 0. The van der Waals surface area contributed by atoms with Crippen molar-refractivity contribution in [3.63, 3.8) is 0 Å². The van der Waals surface area contributed by atoms with Gasteiger partial charge in [-0.15, -0.1) is 0 Å². The fourth-order valence-electron chi connectivity index (χ4n) is 2.13. The number of anilines is 3. The van der Waals surface area contributed by atoms with Crippen molar-refractivity contribution in [2.24, 2.45) is 0 Å². The number of carbonyl (C=O) groups excluding carboxylic acids is 1. The number of carbonyl (C=O) groups is 1. The Morgan fingerprint density at radius 3 is 2.60 bits per heavy atom. The highest BCUT2D eigenvalue weighted by Crippen LogP contribution is 2.18. The van der Waals surface area contributed by atoms with Gasteiger partial charge in [-0.25, -0.2) is 14.4 Å². The van der Waals surface area contributed by atoms with E-state index in [1.807, 2.05) is 0 Å². The molecule has 0 saturated heterocycles. The first kappa shape index (κ1) is 16.4. The lowest BCUT2D eigenvalue weighted by molar-refractivity contribution is 0.102. The summed E-state index contributed by atoms with van der Waals surface area (Å²) in [5.74, 6) is 0.362. The van der Waals surface area contributed by atoms with Crippen LogP contribution in [0.1, 0.15) is 10.5 Å². The zero-order chi connectivity index (χ0) is 17.6. The van der Waals surface area contributed by atoms with Crippen LogP contribution in [-0.2, 0) is 0 Å². The number of nitrogens with one attached hydrogen (secondary N) is 2. The molecule has 0 aliphatic rings. The lowest BCUT2D eigenvalue weighted by Crippen LogP contribution is -2.14. The van der Waals surface area contributed by atoms with Crippen LogP contribution in [0, 0.1) is 5.82 Å². The fourth-order valence-corrected chi connectivity index (χ4v) is 2.13. The smallest absolute Gasteiger partial charge is 0.274 e. The van der Waals surface area contributed by atoms with E-state index in [1.54, 1.807) is 43.5 Å². The van der Waals surface area contributed by atoms with Gasteiger partial charge >= 0.3 is 0 Å². The standard InChI is InChI=1S/C18H15FN4O2/c1-25-15-4-2-3-14(9-15)23-18(24)16-10-17(21-11-20-16)22-13-7-5-12(19)6-8-13/h2-11H,1H3,(H,23,24)(H,20,21,22). The average molecular weight is 338 g/mol. The molecule has 1 aromatic heterocycles. The highest BCUT2D eigenvalue weighted by molar-refractivity contribution is 6.03. The summed E-state index contributed by atoms with van der Waals surface area (Å²) in [5, 5.41) is 5.74. The third-order valence-corrected chi connectivity index (χ3v) is 3.34. The third kappa shape index (κ3) is 4.29. The Hall–Kier alpha value is -3.48.